The Labute approximate surface area is 203 Å². The van der Waals surface area contributed by atoms with Gasteiger partial charge in [-0.1, -0.05) is 54.6 Å². The molecule has 1 aliphatic rings. The lowest BCUT2D eigenvalue weighted by Crippen LogP contribution is -2.59. The molecule has 1 N–H and O–H groups in total. The van der Waals surface area contributed by atoms with E-state index in [0.717, 1.165) is 22.2 Å². The van der Waals surface area contributed by atoms with Crippen LogP contribution in [0.3, 0.4) is 0 Å². The van der Waals surface area contributed by atoms with Gasteiger partial charge < -0.3 is 24.3 Å². The minimum Gasteiger partial charge on any atom is -0.496 e. The maximum atomic E-state index is 13.4. The normalized spacial score (nSPS) is 15.9. The number of carbonyl (C=O) groups excluding carboxylic acids is 2. The van der Waals surface area contributed by atoms with Crippen molar-refractivity contribution in [1.82, 2.24) is 14.8 Å². The zero-order chi connectivity index (χ0) is 24.2. The lowest BCUT2D eigenvalue weighted by Gasteiger charge is -2.40. The van der Waals surface area contributed by atoms with Gasteiger partial charge in [-0.2, -0.15) is 0 Å². The van der Waals surface area contributed by atoms with Crippen molar-refractivity contribution in [3.8, 4) is 11.5 Å². The van der Waals surface area contributed by atoms with Crippen molar-refractivity contribution in [2.45, 2.75) is 12.6 Å². The molecule has 1 fully saturated rings. The van der Waals surface area contributed by atoms with Crippen LogP contribution < -0.4 is 9.47 Å². The first kappa shape index (κ1) is 22.5. The van der Waals surface area contributed by atoms with Crippen LogP contribution in [-0.4, -0.2) is 59.4 Å². The highest BCUT2D eigenvalue weighted by molar-refractivity contribution is 6.01. The number of aromatic amines is 1. The van der Waals surface area contributed by atoms with Gasteiger partial charge in [-0.3, -0.25) is 9.59 Å². The van der Waals surface area contributed by atoms with Gasteiger partial charge in [-0.05, 0) is 35.9 Å². The van der Waals surface area contributed by atoms with E-state index in [1.165, 1.54) is 0 Å². The van der Waals surface area contributed by atoms with Crippen LogP contribution in [0, 0.1) is 0 Å². The molecule has 1 aliphatic heterocycles. The number of aromatic nitrogens is 1. The van der Waals surface area contributed by atoms with Crippen molar-refractivity contribution >= 4 is 22.7 Å². The molecule has 4 aromatic rings. The number of rotatable bonds is 7. The highest BCUT2D eigenvalue weighted by Gasteiger charge is 2.36. The van der Waals surface area contributed by atoms with E-state index in [1.807, 2.05) is 83.8 Å². The summed E-state index contributed by atoms with van der Waals surface area (Å²) in [7, 11) is 1.60. The minimum atomic E-state index is -0.292. The summed E-state index contributed by atoms with van der Waals surface area (Å²) >= 11 is 0. The number of nitrogens with one attached hydrogen (secondary N) is 1. The Morgan fingerprint density at radius 2 is 1.74 bits per heavy atom. The first-order chi connectivity index (χ1) is 17.1. The SMILES string of the molecule is COc1cccc2[nH]c(C(=O)N3CC(=O)N(Cc4ccccc4)[C@@H](COc4ccccc4)C3)cc12. The third-order valence-corrected chi connectivity index (χ3v) is 6.26. The lowest BCUT2D eigenvalue weighted by atomic mass is 10.1. The van der Waals surface area contributed by atoms with E-state index in [-0.39, 0.29) is 31.0 Å². The van der Waals surface area contributed by atoms with Crippen LogP contribution in [0.15, 0.2) is 84.9 Å². The smallest absolute Gasteiger partial charge is 0.270 e. The summed E-state index contributed by atoms with van der Waals surface area (Å²) in [6, 6.07) is 26.5. The summed E-state index contributed by atoms with van der Waals surface area (Å²) in [6.07, 6.45) is 0. The average molecular weight is 470 g/mol. The van der Waals surface area contributed by atoms with Crippen molar-refractivity contribution in [2.24, 2.45) is 0 Å². The molecule has 0 bridgehead atoms. The van der Waals surface area contributed by atoms with E-state index in [9.17, 15) is 9.59 Å². The molecule has 1 saturated heterocycles. The number of benzene rings is 3. The molecule has 0 saturated carbocycles. The topological polar surface area (TPSA) is 74.9 Å². The van der Waals surface area contributed by atoms with Gasteiger partial charge in [0.05, 0.1) is 13.2 Å². The Balaban J connectivity index is 1.38. The number of methoxy groups -OCH3 is 1. The zero-order valence-electron chi connectivity index (χ0n) is 19.5. The Bertz CT molecular complexity index is 1320. The average Bonchev–Trinajstić information content (AvgIpc) is 3.34. The number of H-pyrrole nitrogens is 1. The van der Waals surface area contributed by atoms with E-state index in [2.05, 4.69) is 4.98 Å². The van der Waals surface area contributed by atoms with Gasteiger partial charge in [0.1, 0.15) is 30.3 Å². The maximum Gasteiger partial charge on any atom is 0.270 e. The summed E-state index contributed by atoms with van der Waals surface area (Å²) in [5.74, 6) is 1.09. The van der Waals surface area contributed by atoms with Crippen molar-refractivity contribution < 1.29 is 19.1 Å². The van der Waals surface area contributed by atoms with E-state index in [0.29, 0.717) is 24.5 Å². The van der Waals surface area contributed by atoms with Crippen molar-refractivity contribution in [2.75, 3.05) is 26.8 Å². The number of amides is 2. The van der Waals surface area contributed by atoms with Gasteiger partial charge in [0.2, 0.25) is 5.91 Å². The number of piperazine rings is 1. The quantitative estimate of drug-likeness (QED) is 0.442. The van der Waals surface area contributed by atoms with Crippen LogP contribution in [0.4, 0.5) is 0 Å². The molecule has 7 heteroatoms. The van der Waals surface area contributed by atoms with Gasteiger partial charge in [0.15, 0.2) is 0 Å². The Morgan fingerprint density at radius 1 is 1.00 bits per heavy atom. The number of ether oxygens (including phenoxy) is 2. The molecule has 0 aliphatic carbocycles. The summed E-state index contributed by atoms with van der Waals surface area (Å²) < 4.78 is 11.4. The molecule has 2 heterocycles. The van der Waals surface area contributed by atoms with Crippen LogP contribution in [0.1, 0.15) is 16.1 Å². The number of hydrogen-bond acceptors (Lipinski definition) is 4. The van der Waals surface area contributed by atoms with Gasteiger partial charge in [-0.15, -0.1) is 0 Å². The molecule has 0 spiro atoms. The second kappa shape index (κ2) is 9.93. The van der Waals surface area contributed by atoms with E-state index < -0.39 is 0 Å². The van der Waals surface area contributed by atoms with E-state index in [4.69, 9.17) is 9.47 Å². The van der Waals surface area contributed by atoms with Crippen molar-refractivity contribution in [3.05, 3.63) is 96.2 Å². The highest BCUT2D eigenvalue weighted by Crippen LogP contribution is 2.27. The van der Waals surface area contributed by atoms with E-state index >= 15 is 0 Å². The van der Waals surface area contributed by atoms with Crippen LogP contribution in [0.2, 0.25) is 0 Å². The van der Waals surface area contributed by atoms with Crippen LogP contribution in [0.25, 0.3) is 10.9 Å². The lowest BCUT2D eigenvalue weighted by molar-refractivity contribution is -0.140. The predicted molar refractivity (Wildman–Crippen MR) is 133 cm³/mol. The van der Waals surface area contributed by atoms with Crippen LogP contribution >= 0.6 is 0 Å². The predicted octanol–water partition coefficient (Wildman–Crippen LogP) is 4.11. The molecule has 35 heavy (non-hydrogen) atoms. The fourth-order valence-corrected chi connectivity index (χ4v) is 4.47. The molecule has 178 valence electrons. The summed E-state index contributed by atoms with van der Waals surface area (Å²) in [6.45, 7) is 1.14. The monoisotopic (exact) mass is 469 g/mol. The van der Waals surface area contributed by atoms with Gasteiger partial charge in [0.25, 0.3) is 5.91 Å². The molecule has 5 rings (SSSR count). The number of hydrogen-bond donors (Lipinski definition) is 1. The summed E-state index contributed by atoms with van der Waals surface area (Å²) in [5.41, 5.74) is 2.27. The van der Waals surface area contributed by atoms with E-state index in [1.54, 1.807) is 18.1 Å². The van der Waals surface area contributed by atoms with Crippen LogP contribution in [0.5, 0.6) is 11.5 Å². The fraction of sp³-hybridized carbons (Fsp3) is 0.214. The molecule has 0 radical (unpaired) electrons. The molecule has 2 amide bonds. The maximum absolute atomic E-state index is 13.4. The molecule has 3 aromatic carbocycles. The molecule has 1 atom stereocenters. The zero-order valence-corrected chi connectivity index (χ0v) is 19.5. The molecule has 7 nitrogen and oxygen atoms in total. The Kier molecular flexibility index (Phi) is 6.39. The highest BCUT2D eigenvalue weighted by atomic mass is 16.5. The second-order valence-corrected chi connectivity index (χ2v) is 8.58. The summed E-state index contributed by atoms with van der Waals surface area (Å²) in [4.78, 5) is 33.3. The van der Waals surface area contributed by atoms with Crippen LogP contribution in [-0.2, 0) is 11.3 Å². The summed E-state index contributed by atoms with van der Waals surface area (Å²) in [5, 5.41) is 0.830. The number of carbonyl (C=O) groups is 2. The third-order valence-electron chi connectivity index (χ3n) is 6.26. The molecular formula is C28H27N3O4. The van der Waals surface area contributed by atoms with Crippen molar-refractivity contribution in [1.29, 1.82) is 0 Å². The minimum absolute atomic E-state index is 0.0139. The third kappa shape index (κ3) is 4.84. The van der Waals surface area contributed by atoms with Crippen molar-refractivity contribution in [3.63, 3.8) is 0 Å². The molecule has 0 unspecified atom stereocenters. The first-order valence-electron chi connectivity index (χ1n) is 11.6. The van der Waals surface area contributed by atoms with Gasteiger partial charge >= 0.3 is 0 Å². The second-order valence-electron chi connectivity index (χ2n) is 8.58. The fourth-order valence-electron chi connectivity index (χ4n) is 4.47. The Morgan fingerprint density at radius 3 is 2.49 bits per heavy atom. The van der Waals surface area contributed by atoms with Gasteiger partial charge in [0, 0.05) is 24.0 Å². The van der Waals surface area contributed by atoms with Gasteiger partial charge in [-0.25, -0.2) is 0 Å². The largest absolute Gasteiger partial charge is 0.496 e. The number of fused-ring (bicyclic) bond motifs is 1. The number of para-hydroxylation sites is 1. The molecule has 1 aromatic heterocycles. The standard InChI is InChI=1S/C28H27N3O4/c1-34-26-14-8-13-24-23(26)15-25(29-24)28(33)30-17-21(19-35-22-11-6-3-7-12-22)31(27(32)18-30)16-20-9-4-2-5-10-20/h2-15,21,29H,16-19H2,1H3/t21-/m1/s1. The Hall–Kier alpha value is -4.26. The number of nitrogens with zero attached hydrogens (tertiary/aromatic N) is 2. The first-order valence-corrected chi connectivity index (χ1v) is 11.6. The molecular weight excluding hydrogens is 442 g/mol.